The molecule has 0 aliphatic carbocycles. The summed E-state index contributed by atoms with van der Waals surface area (Å²) in [6, 6.07) is 0. The summed E-state index contributed by atoms with van der Waals surface area (Å²) >= 11 is 0. The molecule has 18 heavy (non-hydrogen) atoms. The molecular formula is C12H18N2O4. The predicted molar refractivity (Wildman–Crippen MR) is 63.6 cm³/mol. The average molecular weight is 254 g/mol. The Balaban J connectivity index is 2.20. The van der Waals surface area contributed by atoms with Crippen molar-refractivity contribution in [2.24, 2.45) is 5.92 Å². The number of aliphatic hydroxyl groups excluding tert-OH is 1. The number of hydrogen-bond donors (Lipinski definition) is 1. The molecule has 0 saturated carbocycles. The SMILES string of the molecule is COc1cnc(C(O)C2CCCOC2)c(OC)n1. The van der Waals surface area contributed by atoms with Crippen LogP contribution in [0.4, 0.5) is 0 Å². The normalized spacial score (nSPS) is 21.4. The van der Waals surface area contributed by atoms with Crippen molar-refractivity contribution in [3.8, 4) is 11.8 Å². The van der Waals surface area contributed by atoms with Crippen LogP contribution in [-0.2, 0) is 4.74 Å². The molecule has 6 nitrogen and oxygen atoms in total. The molecule has 1 N–H and O–H groups in total. The molecule has 0 radical (unpaired) electrons. The summed E-state index contributed by atoms with van der Waals surface area (Å²) in [5.74, 6) is 0.700. The van der Waals surface area contributed by atoms with Gasteiger partial charge in [0.2, 0.25) is 11.8 Å². The number of methoxy groups -OCH3 is 2. The smallest absolute Gasteiger partial charge is 0.241 e. The highest BCUT2D eigenvalue weighted by Gasteiger charge is 2.28. The summed E-state index contributed by atoms with van der Waals surface area (Å²) in [7, 11) is 3.01. The van der Waals surface area contributed by atoms with Crippen LogP contribution >= 0.6 is 0 Å². The van der Waals surface area contributed by atoms with Gasteiger partial charge in [-0.05, 0) is 12.8 Å². The molecule has 2 rings (SSSR count). The van der Waals surface area contributed by atoms with Crippen LogP contribution < -0.4 is 9.47 Å². The summed E-state index contributed by atoms with van der Waals surface area (Å²) in [6.07, 6.45) is 2.62. The minimum Gasteiger partial charge on any atom is -0.480 e. The third kappa shape index (κ3) is 2.70. The lowest BCUT2D eigenvalue weighted by atomic mass is 9.94. The lowest BCUT2D eigenvalue weighted by molar-refractivity contribution is -0.0126. The Kier molecular flexibility index (Phi) is 4.33. The summed E-state index contributed by atoms with van der Waals surface area (Å²) in [5.41, 5.74) is 0.439. The maximum absolute atomic E-state index is 10.3. The largest absolute Gasteiger partial charge is 0.480 e. The molecule has 0 spiro atoms. The van der Waals surface area contributed by atoms with Crippen LogP contribution in [0.2, 0.25) is 0 Å². The molecule has 1 saturated heterocycles. The Labute approximate surface area is 106 Å². The van der Waals surface area contributed by atoms with Gasteiger partial charge in [-0.1, -0.05) is 0 Å². The Morgan fingerprint density at radius 1 is 1.44 bits per heavy atom. The van der Waals surface area contributed by atoms with Crippen molar-refractivity contribution in [2.75, 3.05) is 27.4 Å². The molecule has 0 amide bonds. The first kappa shape index (κ1) is 13.0. The van der Waals surface area contributed by atoms with Gasteiger partial charge in [-0.3, -0.25) is 0 Å². The van der Waals surface area contributed by atoms with E-state index in [1.807, 2.05) is 0 Å². The van der Waals surface area contributed by atoms with Gasteiger partial charge in [0.15, 0.2) is 0 Å². The highest BCUT2D eigenvalue weighted by Crippen LogP contribution is 2.32. The van der Waals surface area contributed by atoms with Gasteiger partial charge < -0.3 is 19.3 Å². The van der Waals surface area contributed by atoms with Crippen molar-refractivity contribution in [3.05, 3.63) is 11.9 Å². The first-order valence-corrected chi connectivity index (χ1v) is 5.97. The Bertz CT molecular complexity index is 394. The second kappa shape index (κ2) is 5.97. The maximum Gasteiger partial charge on any atom is 0.241 e. The van der Waals surface area contributed by atoms with E-state index in [9.17, 15) is 5.11 Å². The van der Waals surface area contributed by atoms with Gasteiger partial charge in [0, 0.05) is 12.5 Å². The quantitative estimate of drug-likeness (QED) is 0.862. The highest BCUT2D eigenvalue weighted by molar-refractivity contribution is 5.25. The zero-order valence-corrected chi connectivity index (χ0v) is 10.6. The van der Waals surface area contributed by atoms with Gasteiger partial charge in [-0.2, -0.15) is 4.98 Å². The molecular weight excluding hydrogens is 236 g/mol. The van der Waals surface area contributed by atoms with Crippen molar-refractivity contribution in [3.63, 3.8) is 0 Å². The first-order valence-electron chi connectivity index (χ1n) is 5.97. The van der Waals surface area contributed by atoms with E-state index in [0.29, 0.717) is 24.1 Å². The number of hydrogen-bond acceptors (Lipinski definition) is 6. The Morgan fingerprint density at radius 2 is 2.28 bits per heavy atom. The van der Waals surface area contributed by atoms with E-state index in [2.05, 4.69) is 9.97 Å². The topological polar surface area (TPSA) is 73.7 Å². The van der Waals surface area contributed by atoms with E-state index >= 15 is 0 Å². The first-order chi connectivity index (χ1) is 8.76. The van der Waals surface area contributed by atoms with Gasteiger partial charge in [0.25, 0.3) is 0 Å². The summed E-state index contributed by atoms with van der Waals surface area (Å²) in [4.78, 5) is 8.30. The summed E-state index contributed by atoms with van der Waals surface area (Å²) in [6.45, 7) is 1.30. The molecule has 1 fully saturated rings. The van der Waals surface area contributed by atoms with E-state index in [1.54, 1.807) is 0 Å². The monoisotopic (exact) mass is 254 g/mol. The highest BCUT2D eigenvalue weighted by atomic mass is 16.5. The fourth-order valence-electron chi connectivity index (χ4n) is 2.06. The number of aliphatic hydroxyl groups is 1. The lowest BCUT2D eigenvalue weighted by Crippen LogP contribution is -2.24. The van der Waals surface area contributed by atoms with Gasteiger partial charge in [0.1, 0.15) is 11.8 Å². The molecule has 2 unspecified atom stereocenters. The number of ether oxygens (including phenoxy) is 3. The van der Waals surface area contributed by atoms with Crippen molar-refractivity contribution in [1.29, 1.82) is 0 Å². The standard InChI is InChI=1S/C12H18N2O4/c1-16-9-6-13-10(12(14-9)17-2)11(15)8-4-3-5-18-7-8/h6,8,11,15H,3-5,7H2,1-2H3. The van der Waals surface area contributed by atoms with E-state index in [0.717, 1.165) is 19.4 Å². The van der Waals surface area contributed by atoms with Crippen LogP contribution in [0.25, 0.3) is 0 Å². The molecule has 0 bridgehead atoms. The minimum absolute atomic E-state index is 0.0374. The van der Waals surface area contributed by atoms with Crippen LogP contribution in [0.5, 0.6) is 11.8 Å². The van der Waals surface area contributed by atoms with Crippen molar-refractivity contribution >= 4 is 0 Å². The van der Waals surface area contributed by atoms with Crippen molar-refractivity contribution in [2.45, 2.75) is 18.9 Å². The van der Waals surface area contributed by atoms with Crippen LogP contribution in [0.3, 0.4) is 0 Å². The zero-order chi connectivity index (χ0) is 13.0. The van der Waals surface area contributed by atoms with Gasteiger partial charge in [-0.25, -0.2) is 4.98 Å². The minimum atomic E-state index is -0.723. The van der Waals surface area contributed by atoms with E-state index in [1.165, 1.54) is 20.4 Å². The number of rotatable bonds is 4. The van der Waals surface area contributed by atoms with Gasteiger partial charge >= 0.3 is 0 Å². The average Bonchev–Trinajstić information content (AvgIpc) is 2.46. The summed E-state index contributed by atoms with van der Waals surface area (Å²) < 4.78 is 15.5. The van der Waals surface area contributed by atoms with Gasteiger partial charge in [0.05, 0.1) is 27.0 Å². The van der Waals surface area contributed by atoms with Crippen LogP contribution in [0.1, 0.15) is 24.6 Å². The lowest BCUT2D eigenvalue weighted by Gasteiger charge is -2.26. The fourth-order valence-corrected chi connectivity index (χ4v) is 2.06. The molecule has 6 heteroatoms. The fraction of sp³-hybridized carbons (Fsp3) is 0.667. The van der Waals surface area contributed by atoms with E-state index in [4.69, 9.17) is 14.2 Å². The van der Waals surface area contributed by atoms with Gasteiger partial charge in [-0.15, -0.1) is 0 Å². The molecule has 2 atom stereocenters. The van der Waals surface area contributed by atoms with E-state index in [-0.39, 0.29) is 5.92 Å². The number of nitrogens with zero attached hydrogens (tertiary/aromatic N) is 2. The van der Waals surface area contributed by atoms with Crippen LogP contribution in [-0.4, -0.2) is 42.5 Å². The second-order valence-electron chi connectivity index (χ2n) is 4.23. The van der Waals surface area contributed by atoms with E-state index < -0.39 is 6.10 Å². The molecule has 0 aromatic carbocycles. The zero-order valence-electron chi connectivity index (χ0n) is 10.6. The van der Waals surface area contributed by atoms with Crippen LogP contribution in [0, 0.1) is 5.92 Å². The molecule has 1 aliphatic heterocycles. The summed E-state index contributed by atoms with van der Waals surface area (Å²) in [5, 5.41) is 10.3. The van der Waals surface area contributed by atoms with Crippen molar-refractivity contribution < 1.29 is 19.3 Å². The third-order valence-corrected chi connectivity index (χ3v) is 3.07. The molecule has 1 aromatic heterocycles. The van der Waals surface area contributed by atoms with Crippen LogP contribution in [0.15, 0.2) is 6.20 Å². The third-order valence-electron chi connectivity index (χ3n) is 3.07. The molecule has 100 valence electrons. The maximum atomic E-state index is 10.3. The molecule has 1 aliphatic rings. The number of aromatic nitrogens is 2. The molecule has 1 aromatic rings. The molecule has 2 heterocycles. The Morgan fingerprint density at radius 3 is 2.89 bits per heavy atom. The second-order valence-corrected chi connectivity index (χ2v) is 4.23. The predicted octanol–water partition coefficient (Wildman–Crippen LogP) is 0.954. The van der Waals surface area contributed by atoms with Crippen molar-refractivity contribution in [1.82, 2.24) is 9.97 Å². The Hall–Kier alpha value is -1.40.